The Morgan fingerprint density at radius 1 is 1.00 bits per heavy atom. The molecule has 4 nitrogen and oxygen atoms in total. The molecule has 1 aromatic rings. The van der Waals surface area contributed by atoms with Gasteiger partial charge in [0.25, 0.3) is 5.91 Å². The van der Waals surface area contributed by atoms with Crippen LogP contribution in [0.5, 0.6) is 11.5 Å². The van der Waals surface area contributed by atoms with Crippen molar-refractivity contribution in [2.24, 2.45) is 23.2 Å². The molecular weight excluding hydrogens is 314 g/mol. The molecule has 25 heavy (non-hydrogen) atoms. The van der Waals surface area contributed by atoms with E-state index in [-0.39, 0.29) is 11.9 Å². The van der Waals surface area contributed by atoms with Crippen molar-refractivity contribution in [1.82, 2.24) is 5.32 Å². The zero-order valence-electron chi connectivity index (χ0n) is 15.5. The molecule has 4 aliphatic rings. The molecule has 0 radical (unpaired) electrons. The Labute approximate surface area is 150 Å². The molecule has 1 N–H and O–H groups in total. The first kappa shape index (κ1) is 16.7. The van der Waals surface area contributed by atoms with E-state index in [4.69, 9.17) is 9.47 Å². The molecule has 4 fully saturated rings. The molecule has 1 aromatic carbocycles. The lowest BCUT2D eigenvalue weighted by molar-refractivity contribution is -0.0688. The van der Waals surface area contributed by atoms with Crippen LogP contribution in [0.1, 0.15) is 55.8 Å². The quantitative estimate of drug-likeness (QED) is 0.878. The minimum absolute atomic E-state index is 0.0274. The largest absolute Gasteiger partial charge is 0.497 e. The van der Waals surface area contributed by atoms with Gasteiger partial charge in [-0.05, 0) is 80.8 Å². The topological polar surface area (TPSA) is 47.6 Å². The van der Waals surface area contributed by atoms with Gasteiger partial charge in [-0.2, -0.15) is 0 Å². The van der Waals surface area contributed by atoms with E-state index in [1.54, 1.807) is 32.4 Å². The summed E-state index contributed by atoms with van der Waals surface area (Å²) in [7, 11) is 3.21. The number of benzene rings is 1. The molecule has 4 heteroatoms. The first-order chi connectivity index (χ1) is 12.0. The van der Waals surface area contributed by atoms with Crippen LogP contribution in [-0.2, 0) is 0 Å². The third-order valence-corrected chi connectivity index (χ3v) is 6.97. The number of rotatable bonds is 5. The Morgan fingerprint density at radius 2 is 1.48 bits per heavy atom. The highest BCUT2D eigenvalue weighted by Gasteiger charge is 2.53. The molecule has 0 aliphatic heterocycles. The van der Waals surface area contributed by atoms with E-state index in [2.05, 4.69) is 12.2 Å². The number of carbonyl (C=O) groups excluding carboxylic acids is 1. The molecule has 5 rings (SSSR count). The fraction of sp³-hybridized carbons (Fsp3) is 0.667. The Hall–Kier alpha value is -1.71. The van der Waals surface area contributed by atoms with Crippen molar-refractivity contribution < 1.29 is 14.3 Å². The maximum Gasteiger partial charge on any atom is 0.251 e. The molecule has 4 bridgehead atoms. The average Bonchev–Trinajstić information content (AvgIpc) is 2.60. The van der Waals surface area contributed by atoms with Gasteiger partial charge in [0, 0.05) is 17.7 Å². The first-order valence-electron chi connectivity index (χ1n) is 9.55. The lowest BCUT2D eigenvalue weighted by Gasteiger charge is -2.59. The maximum atomic E-state index is 12.9. The number of carbonyl (C=O) groups is 1. The van der Waals surface area contributed by atoms with E-state index >= 15 is 0 Å². The van der Waals surface area contributed by atoms with Gasteiger partial charge in [-0.25, -0.2) is 0 Å². The molecule has 0 unspecified atom stereocenters. The lowest BCUT2D eigenvalue weighted by Crippen LogP contribution is -2.55. The molecule has 136 valence electrons. The predicted molar refractivity (Wildman–Crippen MR) is 97.1 cm³/mol. The van der Waals surface area contributed by atoms with Crippen molar-refractivity contribution in [3.63, 3.8) is 0 Å². The fourth-order valence-electron chi connectivity index (χ4n) is 6.08. The summed E-state index contributed by atoms with van der Waals surface area (Å²) < 4.78 is 10.6. The second-order valence-corrected chi connectivity index (χ2v) is 8.58. The summed E-state index contributed by atoms with van der Waals surface area (Å²) in [6.45, 7) is 2.21. The Balaban J connectivity index is 1.51. The van der Waals surface area contributed by atoms with Gasteiger partial charge in [-0.3, -0.25) is 4.79 Å². The van der Waals surface area contributed by atoms with Crippen LogP contribution in [0.3, 0.4) is 0 Å². The smallest absolute Gasteiger partial charge is 0.251 e. The van der Waals surface area contributed by atoms with E-state index in [0.29, 0.717) is 22.5 Å². The molecule has 1 amide bonds. The van der Waals surface area contributed by atoms with Gasteiger partial charge in [-0.15, -0.1) is 0 Å². The van der Waals surface area contributed by atoms with Gasteiger partial charge in [0.1, 0.15) is 11.5 Å². The van der Waals surface area contributed by atoms with Gasteiger partial charge >= 0.3 is 0 Å². The predicted octanol–water partition coefficient (Wildman–Crippen LogP) is 4.04. The van der Waals surface area contributed by atoms with Crippen molar-refractivity contribution in [2.45, 2.75) is 51.5 Å². The van der Waals surface area contributed by atoms with Gasteiger partial charge in [-0.1, -0.05) is 0 Å². The van der Waals surface area contributed by atoms with Crippen molar-refractivity contribution in [1.29, 1.82) is 0 Å². The Kier molecular flexibility index (Phi) is 4.17. The summed E-state index contributed by atoms with van der Waals surface area (Å²) in [6.07, 6.45) is 8.15. The van der Waals surface area contributed by atoms with Crippen LogP contribution >= 0.6 is 0 Å². The zero-order chi connectivity index (χ0) is 17.6. The van der Waals surface area contributed by atoms with Crippen molar-refractivity contribution in [2.75, 3.05) is 14.2 Å². The number of amides is 1. The highest BCUT2D eigenvalue weighted by atomic mass is 16.5. The number of hydrogen-bond acceptors (Lipinski definition) is 3. The number of nitrogens with one attached hydrogen (secondary N) is 1. The van der Waals surface area contributed by atoms with Crippen LogP contribution < -0.4 is 14.8 Å². The Bertz CT molecular complexity index is 612. The monoisotopic (exact) mass is 343 g/mol. The molecule has 4 aliphatic carbocycles. The third-order valence-electron chi connectivity index (χ3n) is 6.97. The van der Waals surface area contributed by atoms with E-state index in [1.165, 1.54) is 38.5 Å². The standard InChI is InChI=1S/C21H29NO3/c1-13(21-10-14-4-15(11-21)6-16(5-14)12-21)22-20(23)17-7-18(24-2)9-19(8-17)25-3/h7-9,13-16H,4-6,10-12H2,1-3H3,(H,22,23)/t13-,14?,15?,16?,21?/m0/s1. The summed E-state index contributed by atoms with van der Waals surface area (Å²) in [5, 5.41) is 3.31. The second-order valence-electron chi connectivity index (χ2n) is 8.58. The molecule has 0 heterocycles. The van der Waals surface area contributed by atoms with Gasteiger partial charge in [0.2, 0.25) is 0 Å². The molecular formula is C21H29NO3. The van der Waals surface area contributed by atoms with E-state index in [0.717, 1.165) is 17.8 Å². The van der Waals surface area contributed by atoms with Gasteiger partial charge in [0.15, 0.2) is 0 Å². The molecule has 1 atom stereocenters. The van der Waals surface area contributed by atoms with E-state index in [1.807, 2.05) is 0 Å². The highest BCUT2D eigenvalue weighted by molar-refractivity contribution is 5.95. The maximum absolute atomic E-state index is 12.9. The first-order valence-corrected chi connectivity index (χ1v) is 9.55. The number of hydrogen-bond donors (Lipinski definition) is 1. The number of ether oxygens (including phenoxy) is 2. The Morgan fingerprint density at radius 3 is 1.92 bits per heavy atom. The summed E-state index contributed by atoms with van der Waals surface area (Å²) in [4.78, 5) is 12.9. The van der Waals surface area contributed by atoms with E-state index < -0.39 is 0 Å². The van der Waals surface area contributed by atoms with Gasteiger partial charge < -0.3 is 14.8 Å². The second kappa shape index (κ2) is 6.22. The minimum atomic E-state index is -0.0274. The summed E-state index contributed by atoms with van der Waals surface area (Å²) in [5.41, 5.74) is 0.917. The summed E-state index contributed by atoms with van der Waals surface area (Å²) in [6, 6.07) is 5.57. The lowest BCUT2D eigenvalue weighted by atomic mass is 9.48. The molecule has 0 saturated heterocycles. The van der Waals surface area contributed by atoms with Crippen LogP contribution in [-0.4, -0.2) is 26.2 Å². The fourth-order valence-corrected chi connectivity index (χ4v) is 6.08. The summed E-state index contributed by atoms with van der Waals surface area (Å²) in [5.74, 6) is 3.94. The average molecular weight is 343 g/mol. The molecule has 0 spiro atoms. The zero-order valence-corrected chi connectivity index (χ0v) is 15.5. The van der Waals surface area contributed by atoms with Crippen molar-refractivity contribution in [3.05, 3.63) is 23.8 Å². The van der Waals surface area contributed by atoms with Crippen LogP contribution in [0.2, 0.25) is 0 Å². The highest BCUT2D eigenvalue weighted by Crippen LogP contribution is 2.61. The van der Waals surface area contributed by atoms with Gasteiger partial charge in [0.05, 0.1) is 14.2 Å². The normalized spacial score (nSPS) is 33.8. The SMILES string of the molecule is COc1cc(OC)cc(C(=O)N[C@@H](C)C23CC4CC(CC(C4)C2)C3)c1. The van der Waals surface area contributed by atoms with Crippen LogP contribution in [0.15, 0.2) is 18.2 Å². The third kappa shape index (κ3) is 3.00. The minimum Gasteiger partial charge on any atom is -0.497 e. The van der Waals surface area contributed by atoms with Crippen LogP contribution in [0.25, 0.3) is 0 Å². The van der Waals surface area contributed by atoms with Crippen LogP contribution in [0.4, 0.5) is 0 Å². The van der Waals surface area contributed by atoms with E-state index in [9.17, 15) is 4.79 Å². The number of methoxy groups -OCH3 is 2. The van der Waals surface area contributed by atoms with Crippen molar-refractivity contribution >= 4 is 5.91 Å². The summed E-state index contributed by atoms with van der Waals surface area (Å²) >= 11 is 0. The van der Waals surface area contributed by atoms with Crippen LogP contribution in [0, 0.1) is 23.2 Å². The van der Waals surface area contributed by atoms with Crippen molar-refractivity contribution in [3.8, 4) is 11.5 Å². The molecule has 4 saturated carbocycles. The molecule has 0 aromatic heterocycles.